The number of hydrogen-bond donors (Lipinski definition) is 3. The second kappa shape index (κ2) is 4.78. The lowest BCUT2D eigenvalue weighted by Gasteiger charge is -2.32. The highest BCUT2D eigenvalue weighted by molar-refractivity contribution is 5.93. The third-order valence-corrected chi connectivity index (χ3v) is 2.76. The number of rotatable bonds is 3. The van der Waals surface area contributed by atoms with Crippen molar-refractivity contribution >= 4 is 5.84 Å². The number of amidine groups is 1. The highest BCUT2D eigenvalue weighted by atomic mass is 19.1. The quantitative estimate of drug-likeness (QED) is 0.759. The Labute approximate surface area is 106 Å². The molecular formula is C13H17FN4. The van der Waals surface area contributed by atoms with Gasteiger partial charge in [0.15, 0.2) is 0 Å². The Morgan fingerprint density at radius 3 is 2.89 bits per heavy atom. The Kier molecular flexibility index (Phi) is 3.34. The maximum atomic E-state index is 13.3. The van der Waals surface area contributed by atoms with Gasteiger partial charge in [0.1, 0.15) is 11.7 Å². The number of hydrogen-bond acceptors (Lipinski definition) is 4. The van der Waals surface area contributed by atoms with E-state index in [1.807, 2.05) is 0 Å². The number of nitrogens with zero attached hydrogens (tertiary/aromatic N) is 1. The number of nitrogens with two attached hydrogens (primary N) is 2. The largest absolute Gasteiger partial charge is 0.384 e. The van der Waals surface area contributed by atoms with Crippen molar-refractivity contribution in [3.8, 4) is 0 Å². The zero-order valence-electron chi connectivity index (χ0n) is 10.3. The van der Waals surface area contributed by atoms with Gasteiger partial charge in [-0.3, -0.25) is 5.73 Å². The summed E-state index contributed by atoms with van der Waals surface area (Å²) in [5.74, 6) is -1.19. The molecule has 2 rings (SSSR count). The Balaban J connectivity index is 2.35. The summed E-state index contributed by atoms with van der Waals surface area (Å²) in [6.07, 6.45) is 3.55. The molecule has 1 aliphatic rings. The van der Waals surface area contributed by atoms with Gasteiger partial charge in [-0.2, -0.15) is 0 Å². The smallest absolute Gasteiger partial charge is 0.211 e. The first-order valence-electron chi connectivity index (χ1n) is 5.92. The van der Waals surface area contributed by atoms with Crippen LogP contribution >= 0.6 is 0 Å². The van der Waals surface area contributed by atoms with Gasteiger partial charge in [0, 0.05) is 11.3 Å². The highest BCUT2D eigenvalue weighted by Gasteiger charge is 2.30. The molecule has 1 atom stereocenters. The average Bonchev–Trinajstić information content (AvgIpc) is 2.28. The van der Waals surface area contributed by atoms with E-state index in [1.165, 1.54) is 12.1 Å². The van der Waals surface area contributed by atoms with Crippen molar-refractivity contribution in [1.82, 2.24) is 5.32 Å². The van der Waals surface area contributed by atoms with Crippen LogP contribution in [0.5, 0.6) is 0 Å². The van der Waals surface area contributed by atoms with Crippen molar-refractivity contribution in [3.63, 3.8) is 0 Å². The lowest BCUT2D eigenvalue weighted by molar-refractivity contribution is 0.384. The van der Waals surface area contributed by atoms with E-state index in [-0.39, 0.29) is 5.82 Å². The summed E-state index contributed by atoms with van der Waals surface area (Å²) in [6, 6.07) is 6.05. The van der Waals surface area contributed by atoms with E-state index in [9.17, 15) is 4.39 Å². The van der Waals surface area contributed by atoms with Gasteiger partial charge in [-0.05, 0) is 24.6 Å². The molecule has 0 saturated carbocycles. The molecule has 5 N–H and O–H groups in total. The predicted molar refractivity (Wildman–Crippen MR) is 70.0 cm³/mol. The average molecular weight is 248 g/mol. The van der Waals surface area contributed by atoms with Crippen molar-refractivity contribution in [2.75, 3.05) is 0 Å². The van der Waals surface area contributed by atoms with Crippen molar-refractivity contribution < 1.29 is 4.39 Å². The molecule has 0 saturated heterocycles. The fourth-order valence-electron chi connectivity index (χ4n) is 1.99. The summed E-state index contributed by atoms with van der Waals surface area (Å²) < 4.78 is 13.3. The molecule has 18 heavy (non-hydrogen) atoms. The molecule has 1 aromatic rings. The number of allylic oxidation sites excluding steroid dienone is 1. The second-order valence-electron chi connectivity index (χ2n) is 4.36. The summed E-state index contributed by atoms with van der Waals surface area (Å²) in [6.45, 7) is 2.06. The monoisotopic (exact) mass is 248 g/mol. The normalized spacial score (nSPS) is 23.1. The molecule has 0 spiro atoms. The van der Waals surface area contributed by atoms with Crippen LogP contribution < -0.4 is 16.8 Å². The van der Waals surface area contributed by atoms with Crippen LogP contribution in [0, 0.1) is 5.82 Å². The van der Waals surface area contributed by atoms with E-state index >= 15 is 0 Å². The third kappa shape index (κ3) is 2.51. The summed E-state index contributed by atoms with van der Waals surface area (Å²) in [7, 11) is 0. The highest BCUT2D eigenvalue weighted by Crippen LogP contribution is 2.23. The summed E-state index contributed by atoms with van der Waals surface area (Å²) in [5, 5.41) is 3.11. The van der Waals surface area contributed by atoms with Gasteiger partial charge in [0.25, 0.3) is 0 Å². The van der Waals surface area contributed by atoms with E-state index in [4.69, 9.17) is 11.5 Å². The van der Waals surface area contributed by atoms with Gasteiger partial charge in [-0.15, -0.1) is 0 Å². The van der Waals surface area contributed by atoms with Crippen LogP contribution in [0.3, 0.4) is 0 Å². The van der Waals surface area contributed by atoms with Gasteiger partial charge in [-0.1, -0.05) is 25.5 Å². The molecule has 1 heterocycles. The molecule has 96 valence electrons. The van der Waals surface area contributed by atoms with Crippen LogP contribution in [0.1, 0.15) is 25.3 Å². The van der Waals surface area contributed by atoms with Gasteiger partial charge in [0.05, 0.1) is 0 Å². The predicted octanol–water partition coefficient (Wildman–Crippen LogP) is 1.54. The Hall–Kier alpha value is -1.88. The van der Waals surface area contributed by atoms with E-state index in [1.54, 1.807) is 18.2 Å². The van der Waals surface area contributed by atoms with E-state index in [2.05, 4.69) is 17.2 Å². The molecule has 0 fully saturated rings. The van der Waals surface area contributed by atoms with Crippen LogP contribution in [0.15, 0.2) is 41.0 Å². The first kappa shape index (κ1) is 12.6. The maximum Gasteiger partial charge on any atom is 0.211 e. The fourth-order valence-corrected chi connectivity index (χ4v) is 1.99. The number of aliphatic imine (C=N–C) groups is 1. The molecule has 0 aromatic heterocycles. The van der Waals surface area contributed by atoms with Crippen LogP contribution in [0.4, 0.5) is 4.39 Å². The van der Waals surface area contributed by atoms with Crippen molar-refractivity contribution in [1.29, 1.82) is 0 Å². The Morgan fingerprint density at radius 2 is 2.22 bits per heavy atom. The molecule has 5 heteroatoms. The molecule has 1 unspecified atom stereocenters. The number of nitrogens with one attached hydrogen (secondary N) is 1. The zero-order valence-corrected chi connectivity index (χ0v) is 10.3. The molecule has 0 aliphatic carbocycles. The summed E-state index contributed by atoms with van der Waals surface area (Å²) in [4.78, 5) is 4.18. The maximum absolute atomic E-state index is 13.3. The lowest BCUT2D eigenvalue weighted by atomic mass is 10.1. The van der Waals surface area contributed by atoms with E-state index in [0.717, 1.165) is 18.5 Å². The van der Waals surface area contributed by atoms with E-state index < -0.39 is 5.79 Å². The first-order chi connectivity index (χ1) is 8.53. The van der Waals surface area contributed by atoms with Gasteiger partial charge >= 0.3 is 0 Å². The van der Waals surface area contributed by atoms with Crippen LogP contribution in [-0.4, -0.2) is 5.84 Å². The number of benzene rings is 1. The van der Waals surface area contributed by atoms with Crippen LogP contribution in [-0.2, 0) is 5.79 Å². The molecule has 0 bridgehead atoms. The zero-order chi connectivity index (χ0) is 13.2. The van der Waals surface area contributed by atoms with Crippen molar-refractivity contribution in [2.45, 2.75) is 25.6 Å². The van der Waals surface area contributed by atoms with Crippen LogP contribution in [0.25, 0.3) is 0 Å². The molecule has 1 aromatic carbocycles. The summed E-state index contributed by atoms with van der Waals surface area (Å²) >= 11 is 0. The van der Waals surface area contributed by atoms with Gasteiger partial charge in [-0.25, -0.2) is 9.38 Å². The minimum absolute atomic E-state index is 0.348. The SMILES string of the molecule is CCCC1=CC(N)=NC(N)(c2cccc(F)c2)N1. The molecule has 1 aliphatic heterocycles. The minimum atomic E-state index is -1.19. The minimum Gasteiger partial charge on any atom is -0.384 e. The third-order valence-electron chi connectivity index (χ3n) is 2.76. The molecule has 0 amide bonds. The molecule has 4 nitrogen and oxygen atoms in total. The van der Waals surface area contributed by atoms with Gasteiger partial charge in [0.2, 0.25) is 5.79 Å². The molecule has 0 radical (unpaired) electrons. The number of halogens is 1. The van der Waals surface area contributed by atoms with Crippen molar-refractivity contribution in [3.05, 3.63) is 47.4 Å². The van der Waals surface area contributed by atoms with Gasteiger partial charge < -0.3 is 11.1 Å². The topological polar surface area (TPSA) is 76.4 Å². The van der Waals surface area contributed by atoms with Crippen molar-refractivity contribution in [2.24, 2.45) is 16.5 Å². The Morgan fingerprint density at radius 1 is 1.44 bits per heavy atom. The standard InChI is InChI=1S/C13H17FN4/c1-2-4-11-8-12(15)18-13(16,17-11)9-5-3-6-10(14)7-9/h3,5-8,17H,2,4,16H2,1H3,(H2,15,18). The second-order valence-corrected chi connectivity index (χ2v) is 4.36. The first-order valence-corrected chi connectivity index (χ1v) is 5.92. The Bertz CT molecular complexity index is 509. The van der Waals surface area contributed by atoms with E-state index in [0.29, 0.717) is 11.4 Å². The lowest BCUT2D eigenvalue weighted by Crippen LogP contribution is -2.51. The fraction of sp³-hybridized carbons (Fsp3) is 0.308. The molecular weight excluding hydrogens is 231 g/mol. The van der Waals surface area contributed by atoms with Crippen LogP contribution in [0.2, 0.25) is 0 Å². The summed E-state index contributed by atoms with van der Waals surface area (Å²) in [5.41, 5.74) is 13.4.